The second kappa shape index (κ2) is 5.31. The molecule has 1 saturated heterocycles. The lowest BCUT2D eigenvalue weighted by Gasteiger charge is -2.40. The third kappa shape index (κ3) is 2.22. The predicted molar refractivity (Wildman–Crippen MR) is 84.5 cm³/mol. The molecule has 0 radical (unpaired) electrons. The van der Waals surface area contributed by atoms with Gasteiger partial charge in [-0.15, -0.1) is 0 Å². The largest absolute Gasteiger partial charge is 0.381 e. The van der Waals surface area contributed by atoms with E-state index in [9.17, 15) is 13.2 Å². The molecule has 124 valence electrons. The van der Waals surface area contributed by atoms with E-state index in [1.165, 1.54) is 6.07 Å². The molecule has 23 heavy (non-hydrogen) atoms. The van der Waals surface area contributed by atoms with Crippen LogP contribution in [0.3, 0.4) is 0 Å². The molecule has 0 N–H and O–H groups in total. The molecule has 1 amide bonds. The van der Waals surface area contributed by atoms with Crippen LogP contribution >= 0.6 is 0 Å². The Balaban J connectivity index is 1.64. The van der Waals surface area contributed by atoms with Gasteiger partial charge in [-0.1, -0.05) is 18.6 Å². The summed E-state index contributed by atoms with van der Waals surface area (Å²) in [5, 5.41) is 0. The van der Waals surface area contributed by atoms with Crippen LogP contribution in [0.4, 0.5) is 0 Å². The average Bonchev–Trinajstić information content (AvgIpc) is 3.02. The maximum atomic E-state index is 12.7. The van der Waals surface area contributed by atoms with E-state index in [0.29, 0.717) is 12.1 Å². The lowest BCUT2D eigenvalue weighted by atomic mass is 9.72. The van der Waals surface area contributed by atoms with E-state index in [1.54, 1.807) is 18.2 Å². The van der Waals surface area contributed by atoms with Gasteiger partial charge in [0, 0.05) is 19.8 Å². The quantitative estimate of drug-likeness (QED) is 0.833. The van der Waals surface area contributed by atoms with E-state index in [0.717, 1.165) is 49.6 Å². The number of hydrogen-bond donors (Lipinski definition) is 0. The highest BCUT2D eigenvalue weighted by Crippen LogP contribution is 2.51. The maximum Gasteiger partial charge on any atom is 0.269 e. The van der Waals surface area contributed by atoms with Gasteiger partial charge in [-0.25, -0.2) is 12.7 Å². The van der Waals surface area contributed by atoms with Crippen LogP contribution in [-0.2, 0) is 14.8 Å². The summed E-state index contributed by atoms with van der Waals surface area (Å²) in [5.41, 5.74) is 0.467. The highest BCUT2D eigenvalue weighted by molar-refractivity contribution is 7.90. The molecule has 1 unspecified atom stereocenters. The van der Waals surface area contributed by atoms with Gasteiger partial charge in [0.05, 0.1) is 5.56 Å². The highest BCUT2D eigenvalue weighted by atomic mass is 32.2. The first kappa shape index (κ1) is 15.1. The normalized spacial score (nSPS) is 28.3. The summed E-state index contributed by atoms with van der Waals surface area (Å²) in [6, 6.07) is 6.52. The third-order valence-electron chi connectivity index (χ3n) is 5.88. The fraction of sp³-hybridized carbons (Fsp3) is 0.588. The van der Waals surface area contributed by atoms with Crippen molar-refractivity contribution in [1.29, 1.82) is 0 Å². The van der Waals surface area contributed by atoms with E-state index < -0.39 is 10.0 Å². The molecule has 4 rings (SSSR count). The van der Waals surface area contributed by atoms with Crippen molar-refractivity contribution in [2.75, 3.05) is 19.8 Å². The van der Waals surface area contributed by atoms with Crippen molar-refractivity contribution in [3.63, 3.8) is 0 Å². The van der Waals surface area contributed by atoms with Crippen molar-refractivity contribution >= 4 is 15.9 Å². The van der Waals surface area contributed by atoms with Crippen molar-refractivity contribution in [2.45, 2.75) is 37.0 Å². The molecule has 2 heterocycles. The molecule has 1 aromatic rings. The molecule has 1 atom stereocenters. The highest BCUT2D eigenvalue weighted by Gasteiger charge is 2.48. The third-order valence-corrected chi connectivity index (χ3v) is 7.69. The number of ether oxygens (including phenoxy) is 1. The van der Waals surface area contributed by atoms with Crippen LogP contribution in [-0.4, -0.2) is 38.4 Å². The molecular formula is C17H21NO4S. The summed E-state index contributed by atoms with van der Waals surface area (Å²) < 4.78 is 32.1. The SMILES string of the molecule is O=C1c2ccccc2S(=O)(=O)N1CC1CCCC12CCOCC2. The van der Waals surface area contributed by atoms with Crippen molar-refractivity contribution in [1.82, 2.24) is 4.31 Å². The van der Waals surface area contributed by atoms with Gasteiger partial charge in [0.15, 0.2) is 0 Å². The number of hydrogen-bond acceptors (Lipinski definition) is 4. The first-order valence-corrected chi connectivity index (χ1v) is 9.72. The van der Waals surface area contributed by atoms with Gasteiger partial charge < -0.3 is 4.74 Å². The summed E-state index contributed by atoms with van der Waals surface area (Å²) in [5.74, 6) is -0.117. The van der Waals surface area contributed by atoms with Gasteiger partial charge in [0.2, 0.25) is 0 Å². The Hall–Kier alpha value is -1.40. The lowest BCUT2D eigenvalue weighted by molar-refractivity contribution is -0.00857. The fourth-order valence-electron chi connectivity index (χ4n) is 4.54. The molecule has 1 aromatic carbocycles. The topological polar surface area (TPSA) is 63.7 Å². The van der Waals surface area contributed by atoms with Gasteiger partial charge in [-0.2, -0.15) is 0 Å². The summed E-state index contributed by atoms with van der Waals surface area (Å²) in [7, 11) is -3.69. The van der Waals surface area contributed by atoms with Gasteiger partial charge in [-0.3, -0.25) is 4.79 Å². The standard InChI is InChI=1S/C17H21NO4S/c19-16-14-5-1-2-6-15(14)23(20,21)18(16)12-13-4-3-7-17(13)8-10-22-11-9-17/h1-2,5-6,13H,3-4,7-12H2. The number of sulfonamides is 1. The van der Waals surface area contributed by atoms with Crippen LogP contribution in [0.5, 0.6) is 0 Å². The number of amides is 1. The van der Waals surface area contributed by atoms with Gasteiger partial charge in [0.25, 0.3) is 15.9 Å². The van der Waals surface area contributed by atoms with Crippen LogP contribution in [0.2, 0.25) is 0 Å². The smallest absolute Gasteiger partial charge is 0.269 e. The number of carbonyl (C=O) groups excluding carboxylic acids is 1. The predicted octanol–water partition coefficient (Wildman–Crippen LogP) is 2.43. The number of benzene rings is 1. The first-order valence-electron chi connectivity index (χ1n) is 8.28. The Morgan fingerprint density at radius 1 is 1.17 bits per heavy atom. The Morgan fingerprint density at radius 3 is 2.65 bits per heavy atom. The first-order chi connectivity index (χ1) is 11.0. The van der Waals surface area contributed by atoms with Crippen LogP contribution in [0, 0.1) is 11.3 Å². The fourth-order valence-corrected chi connectivity index (χ4v) is 6.16. The number of rotatable bonds is 2. The summed E-state index contributed by atoms with van der Waals surface area (Å²) in [4.78, 5) is 12.7. The zero-order chi connectivity index (χ0) is 16.1. The minimum absolute atomic E-state index is 0.156. The second-order valence-electron chi connectivity index (χ2n) is 6.90. The summed E-state index contributed by atoms with van der Waals surface area (Å²) in [6.45, 7) is 1.81. The molecule has 6 heteroatoms. The average molecular weight is 335 g/mol. The number of nitrogens with zero attached hydrogens (tertiary/aromatic N) is 1. The van der Waals surface area contributed by atoms with Crippen LogP contribution < -0.4 is 0 Å². The van der Waals surface area contributed by atoms with E-state index in [2.05, 4.69) is 0 Å². The van der Waals surface area contributed by atoms with Gasteiger partial charge in [0.1, 0.15) is 4.90 Å². The minimum Gasteiger partial charge on any atom is -0.381 e. The Labute approximate surface area is 136 Å². The van der Waals surface area contributed by atoms with Crippen molar-refractivity contribution in [2.24, 2.45) is 11.3 Å². The number of carbonyl (C=O) groups is 1. The van der Waals surface area contributed by atoms with Crippen molar-refractivity contribution in [3.8, 4) is 0 Å². The summed E-state index contributed by atoms with van der Waals surface area (Å²) in [6.07, 6.45) is 5.19. The Kier molecular flexibility index (Phi) is 3.50. The molecule has 1 saturated carbocycles. The Bertz CT molecular complexity index is 737. The molecule has 2 fully saturated rings. The molecule has 0 bridgehead atoms. The van der Waals surface area contributed by atoms with Gasteiger partial charge in [-0.05, 0) is 49.1 Å². The van der Waals surface area contributed by atoms with Crippen molar-refractivity contribution in [3.05, 3.63) is 29.8 Å². The molecule has 1 spiro atoms. The summed E-state index contributed by atoms with van der Waals surface area (Å²) >= 11 is 0. The lowest BCUT2D eigenvalue weighted by Crippen LogP contribution is -2.42. The van der Waals surface area contributed by atoms with E-state index in [1.807, 2.05) is 0 Å². The van der Waals surface area contributed by atoms with Crippen LogP contribution in [0.15, 0.2) is 29.2 Å². The Morgan fingerprint density at radius 2 is 1.91 bits per heavy atom. The number of fused-ring (bicyclic) bond motifs is 1. The minimum atomic E-state index is -3.69. The van der Waals surface area contributed by atoms with Crippen LogP contribution in [0.25, 0.3) is 0 Å². The maximum absolute atomic E-state index is 12.7. The van der Waals surface area contributed by atoms with E-state index in [-0.39, 0.29) is 22.1 Å². The molecule has 0 aromatic heterocycles. The second-order valence-corrected chi connectivity index (χ2v) is 8.73. The van der Waals surface area contributed by atoms with Gasteiger partial charge >= 0.3 is 0 Å². The van der Waals surface area contributed by atoms with Crippen LogP contribution in [0.1, 0.15) is 42.5 Å². The molecule has 1 aliphatic carbocycles. The molecule has 5 nitrogen and oxygen atoms in total. The zero-order valence-corrected chi connectivity index (χ0v) is 13.8. The molecular weight excluding hydrogens is 314 g/mol. The molecule has 2 aliphatic heterocycles. The van der Waals surface area contributed by atoms with E-state index in [4.69, 9.17) is 4.74 Å². The zero-order valence-electron chi connectivity index (χ0n) is 13.0. The van der Waals surface area contributed by atoms with E-state index >= 15 is 0 Å². The molecule has 3 aliphatic rings. The van der Waals surface area contributed by atoms with Crippen molar-refractivity contribution < 1.29 is 17.9 Å². The monoisotopic (exact) mass is 335 g/mol.